The molecule has 2 fully saturated rings. The molecule has 1 spiro atoms. The molecule has 0 radical (unpaired) electrons. The van der Waals surface area contributed by atoms with Crippen molar-refractivity contribution in [3.63, 3.8) is 0 Å². The van der Waals surface area contributed by atoms with Crippen molar-refractivity contribution < 1.29 is 9.59 Å². The Morgan fingerprint density at radius 1 is 1.21 bits per heavy atom. The summed E-state index contributed by atoms with van der Waals surface area (Å²) >= 11 is 0. The number of urea groups is 1. The standard InChI is InChI=1S/C10H16N2O2/c1-6-4-3-5-7(2)10(6)8(13)11-9(14)12-10/h6-7H,3-5H2,1-2H3,(H2,11,12,13,14)/t6-,7+,10?. The van der Waals surface area contributed by atoms with Crippen molar-refractivity contribution in [2.45, 2.75) is 38.6 Å². The topological polar surface area (TPSA) is 58.2 Å². The fraction of sp³-hybridized carbons (Fsp3) is 0.800. The Balaban J connectivity index is 2.35. The van der Waals surface area contributed by atoms with E-state index in [-0.39, 0.29) is 23.8 Å². The van der Waals surface area contributed by atoms with Crippen LogP contribution in [-0.4, -0.2) is 17.5 Å². The minimum Gasteiger partial charge on any atom is -0.323 e. The Hall–Kier alpha value is -1.06. The first-order valence-electron chi connectivity index (χ1n) is 5.21. The van der Waals surface area contributed by atoms with Gasteiger partial charge in [-0.05, 0) is 24.7 Å². The molecule has 78 valence electrons. The maximum Gasteiger partial charge on any atom is 0.322 e. The first-order valence-corrected chi connectivity index (χ1v) is 5.21. The molecular formula is C10H16N2O2. The molecule has 14 heavy (non-hydrogen) atoms. The van der Waals surface area contributed by atoms with Gasteiger partial charge in [-0.1, -0.05) is 20.3 Å². The van der Waals surface area contributed by atoms with E-state index in [9.17, 15) is 9.59 Å². The maximum atomic E-state index is 11.8. The molecule has 1 saturated carbocycles. The Kier molecular flexibility index (Phi) is 2.01. The van der Waals surface area contributed by atoms with Crippen molar-refractivity contribution in [3.05, 3.63) is 0 Å². The third kappa shape index (κ3) is 1.06. The van der Waals surface area contributed by atoms with Crippen molar-refractivity contribution in [2.75, 3.05) is 0 Å². The van der Waals surface area contributed by atoms with Gasteiger partial charge in [0.2, 0.25) is 0 Å². The summed E-state index contributed by atoms with van der Waals surface area (Å²) in [5, 5.41) is 5.17. The Bertz CT molecular complexity index is 278. The lowest BCUT2D eigenvalue weighted by molar-refractivity contribution is -0.129. The van der Waals surface area contributed by atoms with Crippen LogP contribution in [0.2, 0.25) is 0 Å². The van der Waals surface area contributed by atoms with Crippen LogP contribution in [0, 0.1) is 11.8 Å². The Morgan fingerprint density at radius 3 is 2.21 bits per heavy atom. The molecule has 3 amide bonds. The average molecular weight is 196 g/mol. The number of hydrogen-bond acceptors (Lipinski definition) is 2. The number of rotatable bonds is 0. The molecule has 2 aliphatic rings. The molecule has 3 atom stereocenters. The number of carbonyl (C=O) groups is 2. The van der Waals surface area contributed by atoms with Crippen LogP contribution in [0.5, 0.6) is 0 Å². The van der Waals surface area contributed by atoms with Gasteiger partial charge in [-0.15, -0.1) is 0 Å². The fourth-order valence-corrected chi connectivity index (χ4v) is 2.85. The summed E-state index contributed by atoms with van der Waals surface area (Å²) < 4.78 is 0. The average Bonchev–Trinajstić information content (AvgIpc) is 2.39. The smallest absolute Gasteiger partial charge is 0.322 e. The van der Waals surface area contributed by atoms with Crippen molar-refractivity contribution in [1.29, 1.82) is 0 Å². The summed E-state index contributed by atoms with van der Waals surface area (Å²) in [4.78, 5) is 23.0. The number of amides is 3. The van der Waals surface area contributed by atoms with E-state index < -0.39 is 5.54 Å². The van der Waals surface area contributed by atoms with E-state index in [0.29, 0.717) is 0 Å². The van der Waals surface area contributed by atoms with Crippen LogP contribution in [0.25, 0.3) is 0 Å². The molecular weight excluding hydrogens is 180 g/mol. The second-order valence-corrected chi connectivity index (χ2v) is 4.51. The number of hydrogen-bond donors (Lipinski definition) is 2. The van der Waals surface area contributed by atoms with E-state index in [0.717, 1.165) is 19.3 Å². The second-order valence-electron chi connectivity index (χ2n) is 4.51. The minimum atomic E-state index is -0.630. The summed E-state index contributed by atoms with van der Waals surface area (Å²) in [5.74, 6) is 0.331. The van der Waals surface area contributed by atoms with Gasteiger partial charge in [0.05, 0.1) is 0 Å². The van der Waals surface area contributed by atoms with Crippen molar-refractivity contribution in [3.8, 4) is 0 Å². The molecule has 1 aliphatic heterocycles. The third-order valence-corrected chi connectivity index (χ3v) is 3.75. The van der Waals surface area contributed by atoms with Gasteiger partial charge >= 0.3 is 6.03 Å². The van der Waals surface area contributed by atoms with Gasteiger partial charge in [0, 0.05) is 0 Å². The highest BCUT2D eigenvalue weighted by molar-refractivity contribution is 6.07. The molecule has 1 unspecified atom stereocenters. The van der Waals surface area contributed by atoms with Crippen LogP contribution in [0.3, 0.4) is 0 Å². The highest BCUT2D eigenvalue weighted by Gasteiger charge is 2.54. The van der Waals surface area contributed by atoms with E-state index in [1.165, 1.54) is 0 Å². The Morgan fingerprint density at radius 2 is 1.79 bits per heavy atom. The van der Waals surface area contributed by atoms with Gasteiger partial charge in [-0.25, -0.2) is 4.79 Å². The summed E-state index contributed by atoms with van der Waals surface area (Å²) in [7, 11) is 0. The van der Waals surface area contributed by atoms with Gasteiger partial charge in [0.1, 0.15) is 5.54 Å². The van der Waals surface area contributed by atoms with Crippen LogP contribution in [0.1, 0.15) is 33.1 Å². The summed E-state index contributed by atoms with van der Waals surface area (Å²) in [6.07, 6.45) is 3.17. The summed E-state index contributed by atoms with van der Waals surface area (Å²) in [5.41, 5.74) is -0.630. The highest BCUT2D eigenvalue weighted by atomic mass is 16.2. The van der Waals surface area contributed by atoms with Crippen molar-refractivity contribution in [1.82, 2.24) is 10.6 Å². The van der Waals surface area contributed by atoms with Gasteiger partial charge in [-0.3, -0.25) is 10.1 Å². The zero-order valence-corrected chi connectivity index (χ0v) is 8.59. The maximum absolute atomic E-state index is 11.8. The Labute approximate surface area is 83.4 Å². The van der Waals surface area contributed by atoms with Crippen molar-refractivity contribution >= 4 is 11.9 Å². The quantitative estimate of drug-likeness (QED) is 0.568. The summed E-state index contributed by atoms with van der Waals surface area (Å²) in [6, 6.07) is -0.337. The van der Waals surface area contributed by atoms with E-state index in [4.69, 9.17) is 0 Å². The predicted molar refractivity (Wildman–Crippen MR) is 51.6 cm³/mol. The molecule has 2 N–H and O–H groups in total. The largest absolute Gasteiger partial charge is 0.323 e. The second kappa shape index (κ2) is 2.97. The number of nitrogens with one attached hydrogen (secondary N) is 2. The number of carbonyl (C=O) groups excluding carboxylic acids is 2. The summed E-state index contributed by atoms with van der Waals surface area (Å²) in [6.45, 7) is 4.08. The fourth-order valence-electron chi connectivity index (χ4n) is 2.85. The molecule has 1 saturated heterocycles. The molecule has 4 nitrogen and oxygen atoms in total. The van der Waals surface area contributed by atoms with E-state index in [1.54, 1.807) is 0 Å². The molecule has 0 aromatic rings. The van der Waals surface area contributed by atoms with E-state index >= 15 is 0 Å². The van der Waals surface area contributed by atoms with Crippen LogP contribution in [0.15, 0.2) is 0 Å². The van der Waals surface area contributed by atoms with Crippen LogP contribution in [-0.2, 0) is 4.79 Å². The molecule has 4 heteroatoms. The molecule has 0 aromatic carbocycles. The molecule has 1 heterocycles. The minimum absolute atomic E-state index is 0.137. The lowest BCUT2D eigenvalue weighted by Crippen LogP contribution is -2.58. The van der Waals surface area contributed by atoms with Gasteiger partial charge in [0.15, 0.2) is 0 Å². The third-order valence-electron chi connectivity index (χ3n) is 3.75. The zero-order chi connectivity index (χ0) is 10.3. The SMILES string of the molecule is C[C@@H]1CCC[C@H](C)C12NC(=O)NC2=O. The van der Waals surface area contributed by atoms with Gasteiger partial charge in [-0.2, -0.15) is 0 Å². The van der Waals surface area contributed by atoms with Crippen LogP contribution in [0.4, 0.5) is 4.79 Å². The monoisotopic (exact) mass is 196 g/mol. The van der Waals surface area contributed by atoms with Crippen LogP contribution < -0.4 is 10.6 Å². The first-order chi connectivity index (χ1) is 6.57. The van der Waals surface area contributed by atoms with Crippen LogP contribution >= 0.6 is 0 Å². The van der Waals surface area contributed by atoms with E-state index in [2.05, 4.69) is 10.6 Å². The molecule has 0 bridgehead atoms. The lowest BCUT2D eigenvalue weighted by atomic mass is 9.67. The molecule has 0 aromatic heterocycles. The van der Waals surface area contributed by atoms with Gasteiger partial charge in [0.25, 0.3) is 5.91 Å². The normalized spacial score (nSPS) is 42.4. The van der Waals surface area contributed by atoms with E-state index in [1.807, 2.05) is 13.8 Å². The molecule has 2 rings (SSSR count). The zero-order valence-electron chi connectivity index (χ0n) is 8.59. The highest BCUT2D eigenvalue weighted by Crippen LogP contribution is 2.39. The predicted octanol–water partition coefficient (Wildman–Crippen LogP) is 1.02. The lowest BCUT2D eigenvalue weighted by Gasteiger charge is -2.41. The first kappa shape index (κ1) is 9.49. The molecule has 1 aliphatic carbocycles. The van der Waals surface area contributed by atoms with Crippen molar-refractivity contribution in [2.24, 2.45) is 11.8 Å². The van der Waals surface area contributed by atoms with Gasteiger partial charge < -0.3 is 5.32 Å². The number of imide groups is 1.